The van der Waals surface area contributed by atoms with Crippen LogP contribution in [0.5, 0.6) is 0 Å². The van der Waals surface area contributed by atoms with Crippen LogP contribution < -0.4 is 0 Å². The van der Waals surface area contributed by atoms with E-state index in [-0.39, 0.29) is 11.3 Å². The van der Waals surface area contributed by atoms with E-state index in [0.717, 1.165) is 24.3 Å². The van der Waals surface area contributed by atoms with Gasteiger partial charge in [-0.25, -0.2) is 0 Å². The first-order valence-electron chi connectivity index (χ1n) is 8.78. The quantitative estimate of drug-likeness (QED) is 0.690. The van der Waals surface area contributed by atoms with Gasteiger partial charge in [-0.15, -0.1) is 0 Å². The van der Waals surface area contributed by atoms with Crippen LogP contribution in [0.2, 0.25) is 0 Å². The van der Waals surface area contributed by atoms with Gasteiger partial charge >= 0.3 is 0 Å². The molecule has 0 aliphatic heterocycles. The molecule has 1 aliphatic rings. The van der Waals surface area contributed by atoms with Gasteiger partial charge in [-0.2, -0.15) is 0 Å². The molecule has 0 saturated heterocycles. The molecule has 0 radical (unpaired) electrons. The van der Waals surface area contributed by atoms with Crippen LogP contribution in [0.3, 0.4) is 0 Å². The van der Waals surface area contributed by atoms with Crippen molar-refractivity contribution in [3.63, 3.8) is 0 Å². The Labute approximate surface area is 141 Å². The zero-order valence-electron chi connectivity index (χ0n) is 15.6. The Kier molecular flexibility index (Phi) is 5.13. The maximum atomic E-state index is 12.1. The molecule has 0 atom stereocenters. The largest absolute Gasteiger partial charge is 0.293 e. The Hall–Kier alpha value is -1.44. The first-order valence-corrected chi connectivity index (χ1v) is 8.78. The molecule has 23 heavy (non-hydrogen) atoms. The van der Waals surface area contributed by atoms with Crippen LogP contribution in [0.25, 0.3) is 0 Å². The van der Waals surface area contributed by atoms with E-state index in [1.54, 1.807) is 6.92 Å². The normalized spacial score (nSPS) is 26.2. The molecule has 0 unspecified atom stereocenters. The molecule has 0 amide bonds. The molecule has 1 aromatic carbocycles. The number of Topliss-reactive ketones (excluding diaryl/α,β-unsaturated/α-hetero) is 1. The Morgan fingerprint density at radius 1 is 1.13 bits per heavy atom. The number of ketones is 1. The number of nitrogens with zero attached hydrogens (tertiary/aromatic N) is 1. The zero-order valence-corrected chi connectivity index (χ0v) is 15.6. The van der Waals surface area contributed by atoms with E-state index in [9.17, 15) is 4.79 Å². The van der Waals surface area contributed by atoms with Crippen molar-refractivity contribution in [2.75, 3.05) is 0 Å². The van der Waals surface area contributed by atoms with E-state index in [4.69, 9.17) is 4.99 Å². The van der Waals surface area contributed by atoms with E-state index < -0.39 is 0 Å². The van der Waals surface area contributed by atoms with Crippen molar-refractivity contribution >= 4 is 11.5 Å². The summed E-state index contributed by atoms with van der Waals surface area (Å²) in [6, 6.07) is 8.12. The fraction of sp³-hybridized carbons (Fsp3) is 0.619. The fourth-order valence-corrected chi connectivity index (χ4v) is 3.55. The number of aryl methyl sites for hydroxylation is 1. The second-order valence-electron chi connectivity index (χ2n) is 8.52. The number of carbonyl (C=O) groups is 1. The molecule has 1 aliphatic carbocycles. The lowest BCUT2D eigenvalue weighted by molar-refractivity contribution is -0.111. The van der Waals surface area contributed by atoms with Crippen molar-refractivity contribution in [2.45, 2.75) is 72.8 Å². The van der Waals surface area contributed by atoms with Crippen LogP contribution in [-0.2, 0) is 4.79 Å². The molecule has 0 bridgehead atoms. The third-order valence-electron chi connectivity index (χ3n) is 5.33. The second kappa shape index (κ2) is 6.59. The summed E-state index contributed by atoms with van der Waals surface area (Å²) < 4.78 is 0. The maximum absolute atomic E-state index is 12.1. The SMILES string of the molecule is CC(=O)C(=NC1(C)CCC(C(C)(C)C)CC1)c1ccc(C)cc1. The highest BCUT2D eigenvalue weighted by atomic mass is 16.1. The highest BCUT2D eigenvalue weighted by Gasteiger charge is 2.36. The van der Waals surface area contributed by atoms with Crippen LogP contribution >= 0.6 is 0 Å². The van der Waals surface area contributed by atoms with Crippen molar-refractivity contribution < 1.29 is 4.79 Å². The van der Waals surface area contributed by atoms with E-state index in [2.05, 4.69) is 34.6 Å². The van der Waals surface area contributed by atoms with Gasteiger partial charge in [0.1, 0.15) is 5.71 Å². The average Bonchev–Trinajstić information content (AvgIpc) is 2.45. The van der Waals surface area contributed by atoms with E-state index in [0.29, 0.717) is 11.1 Å². The second-order valence-corrected chi connectivity index (χ2v) is 8.52. The molecule has 2 heteroatoms. The van der Waals surface area contributed by atoms with Gasteiger partial charge in [0, 0.05) is 12.5 Å². The molecule has 0 aromatic heterocycles. The Bertz CT molecular complexity index is 581. The molecule has 1 fully saturated rings. The lowest BCUT2D eigenvalue weighted by Gasteiger charge is -2.40. The summed E-state index contributed by atoms with van der Waals surface area (Å²) in [5.74, 6) is 0.818. The van der Waals surface area contributed by atoms with Crippen molar-refractivity contribution in [1.29, 1.82) is 0 Å². The molecule has 126 valence electrons. The number of carbonyl (C=O) groups excluding carboxylic acids is 1. The summed E-state index contributed by atoms with van der Waals surface area (Å²) in [5.41, 5.74) is 3.05. The van der Waals surface area contributed by atoms with Crippen molar-refractivity contribution in [3.05, 3.63) is 35.4 Å². The number of benzene rings is 1. The minimum Gasteiger partial charge on any atom is -0.293 e. The fourth-order valence-electron chi connectivity index (χ4n) is 3.55. The average molecular weight is 313 g/mol. The molecule has 1 saturated carbocycles. The first-order chi connectivity index (χ1) is 10.6. The van der Waals surface area contributed by atoms with Crippen LogP contribution in [0.15, 0.2) is 29.3 Å². The molecule has 0 heterocycles. The number of aliphatic imine (C=N–C) groups is 1. The summed E-state index contributed by atoms with van der Waals surface area (Å²) in [5, 5.41) is 0. The molecule has 2 nitrogen and oxygen atoms in total. The minimum atomic E-state index is -0.104. The van der Waals surface area contributed by atoms with Crippen molar-refractivity contribution in [1.82, 2.24) is 0 Å². The van der Waals surface area contributed by atoms with Crippen molar-refractivity contribution in [3.8, 4) is 0 Å². The third-order valence-corrected chi connectivity index (χ3v) is 5.33. The number of hydrogen-bond acceptors (Lipinski definition) is 2. The van der Waals surface area contributed by atoms with Crippen molar-refractivity contribution in [2.24, 2.45) is 16.3 Å². The Morgan fingerprint density at radius 2 is 1.65 bits per heavy atom. The monoisotopic (exact) mass is 313 g/mol. The van der Waals surface area contributed by atoms with Gasteiger partial charge in [0.05, 0.1) is 5.54 Å². The van der Waals surface area contributed by atoms with Gasteiger partial charge in [0.25, 0.3) is 0 Å². The highest BCUT2D eigenvalue weighted by molar-refractivity contribution is 6.45. The standard InChI is InChI=1S/C21H31NO/c1-15-7-9-17(10-8-15)19(16(2)23)22-21(6)13-11-18(12-14-21)20(3,4)5/h7-10,18H,11-14H2,1-6H3. The van der Waals surface area contributed by atoms with Gasteiger partial charge in [0.15, 0.2) is 5.78 Å². The highest BCUT2D eigenvalue weighted by Crippen LogP contribution is 2.42. The minimum absolute atomic E-state index is 0.0630. The third kappa shape index (κ3) is 4.53. The Morgan fingerprint density at radius 3 is 2.09 bits per heavy atom. The summed E-state index contributed by atoms with van der Waals surface area (Å²) >= 11 is 0. The summed E-state index contributed by atoms with van der Waals surface area (Å²) in [4.78, 5) is 17.1. The van der Waals surface area contributed by atoms with Crippen LogP contribution in [-0.4, -0.2) is 17.0 Å². The number of hydrogen-bond donors (Lipinski definition) is 0. The molecule has 0 N–H and O–H groups in total. The van der Waals surface area contributed by atoms with Crippen LogP contribution in [0.4, 0.5) is 0 Å². The zero-order chi connectivity index (χ0) is 17.3. The summed E-state index contributed by atoms with van der Waals surface area (Å²) in [6.45, 7) is 12.9. The molecular weight excluding hydrogens is 282 g/mol. The lowest BCUT2D eigenvalue weighted by Crippen LogP contribution is -2.35. The van der Waals surface area contributed by atoms with E-state index >= 15 is 0 Å². The topological polar surface area (TPSA) is 29.4 Å². The first kappa shape index (κ1) is 17.9. The number of rotatable bonds is 3. The van der Waals surface area contributed by atoms with E-state index in [1.165, 1.54) is 18.4 Å². The van der Waals surface area contributed by atoms with Gasteiger partial charge < -0.3 is 0 Å². The van der Waals surface area contributed by atoms with Gasteiger partial charge in [-0.1, -0.05) is 50.6 Å². The summed E-state index contributed by atoms with van der Waals surface area (Å²) in [6.07, 6.45) is 4.53. The van der Waals surface area contributed by atoms with Crippen LogP contribution in [0, 0.1) is 18.3 Å². The van der Waals surface area contributed by atoms with E-state index in [1.807, 2.05) is 24.3 Å². The van der Waals surface area contributed by atoms with Gasteiger partial charge in [0.2, 0.25) is 0 Å². The molecule has 2 rings (SSSR count). The molecule has 1 aromatic rings. The summed E-state index contributed by atoms with van der Waals surface area (Å²) in [7, 11) is 0. The van der Waals surface area contributed by atoms with Crippen LogP contribution in [0.1, 0.15) is 71.4 Å². The predicted molar refractivity (Wildman–Crippen MR) is 98.2 cm³/mol. The predicted octanol–water partition coefficient (Wildman–Crippen LogP) is 5.37. The van der Waals surface area contributed by atoms with Gasteiger partial charge in [-0.05, 0) is 50.9 Å². The lowest BCUT2D eigenvalue weighted by atomic mass is 9.68. The molecular formula is C21H31NO. The Balaban J connectivity index is 2.23. The maximum Gasteiger partial charge on any atom is 0.178 e. The smallest absolute Gasteiger partial charge is 0.178 e. The molecule has 0 spiro atoms. The van der Waals surface area contributed by atoms with Gasteiger partial charge in [-0.3, -0.25) is 9.79 Å².